The van der Waals surface area contributed by atoms with Gasteiger partial charge < -0.3 is 14.1 Å². The highest BCUT2D eigenvalue weighted by Gasteiger charge is 2.33. The number of hydrogen-bond donors (Lipinski definition) is 1. The predicted molar refractivity (Wildman–Crippen MR) is 66.4 cm³/mol. The van der Waals surface area contributed by atoms with Crippen LogP contribution in [0.15, 0.2) is 29.3 Å². The maximum absolute atomic E-state index is 11.4. The quantitative estimate of drug-likeness (QED) is 0.898. The molecule has 100 valence electrons. The van der Waals surface area contributed by atoms with Crippen LogP contribution in [0.4, 0.5) is 0 Å². The van der Waals surface area contributed by atoms with E-state index in [4.69, 9.17) is 4.42 Å². The van der Waals surface area contributed by atoms with E-state index in [1.165, 1.54) is 0 Å². The van der Waals surface area contributed by atoms with Crippen LogP contribution >= 0.6 is 0 Å². The summed E-state index contributed by atoms with van der Waals surface area (Å²) in [6, 6.07) is 1.89. The molecule has 19 heavy (non-hydrogen) atoms. The van der Waals surface area contributed by atoms with Crippen LogP contribution < -0.4 is 0 Å². The Morgan fingerprint density at radius 1 is 1.63 bits per heavy atom. The van der Waals surface area contributed by atoms with Crippen molar-refractivity contribution < 1.29 is 14.3 Å². The molecule has 0 aliphatic carbocycles. The van der Waals surface area contributed by atoms with Crippen molar-refractivity contribution in [3.8, 4) is 0 Å². The Morgan fingerprint density at radius 3 is 3.16 bits per heavy atom. The summed E-state index contributed by atoms with van der Waals surface area (Å²) in [4.78, 5) is 17.8. The van der Waals surface area contributed by atoms with Gasteiger partial charge in [0, 0.05) is 32.2 Å². The van der Waals surface area contributed by atoms with Crippen molar-refractivity contribution in [3.63, 3.8) is 0 Å². The first-order valence-corrected chi connectivity index (χ1v) is 6.11. The van der Waals surface area contributed by atoms with Gasteiger partial charge in [-0.15, -0.1) is 0 Å². The maximum atomic E-state index is 11.4. The van der Waals surface area contributed by atoms with Crippen LogP contribution in [0.1, 0.15) is 22.9 Å². The van der Waals surface area contributed by atoms with Gasteiger partial charge in [0.2, 0.25) is 0 Å². The van der Waals surface area contributed by atoms with Gasteiger partial charge in [0.05, 0.1) is 30.2 Å². The van der Waals surface area contributed by atoms with E-state index in [0.717, 1.165) is 17.0 Å². The minimum absolute atomic E-state index is 0.493. The highest BCUT2D eigenvalue weighted by atomic mass is 16.4. The number of carbonyl (C=O) groups is 1. The van der Waals surface area contributed by atoms with Gasteiger partial charge in [-0.3, -0.25) is 9.69 Å². The van der Waals surface area contributed by atoms with E-state index in [0.29, 0.717) is 19.6 Å². The minimum atomic E-state index is -0.804. The highest BCUT2D eigenvalue weighted by Crippen LogP contribution is 2.28. The molecule has 6 heteroatoms. The molecule has 1 unspecified atom stereocenters. The highest BCUT2D eigenvalue weighted by molar-refractivity contribution is 5.76. The molecule has 3 heterocycles. The van der Waals surface area contributed by atoms with Crippen molar-refractivity contribution in [2.24, 2.45) is 7.05 Å². The summed E-state index contributed by atoms with van der Waals surface area (Å²) in [6.45, 7) is 1.84. The number of imidazole rings is 1. The summed E-state index contributed by atoms with van der Waals surface area (Å²) in [5.41, 5.74) is 2.71. The van der Waals surface area contributed by atoms with Gasteiger partial charge in [-0.05, 0) is 6.07 Å². The molecule has 1 N–H and O–H groups in total. The molecule has 2 aromatic heterocycles. The van der Waals surface area contributed by atoms with Gasteiger partial charge >= 0.3 is 5.97 Å². The molecule has 3 rings (SSSR count). The number of furan rings is 1. The van der Waals surface area contributed by atoms with Gasteiger partial charge in [-0.2, -0.15) is 0 Å². The minimum Gasteiger partial charge on any atom is -0.481 e. The van der Waals surface area contributed by atoms with Crippen LogP contribution in [0.5, 0.6) is 0 Å². The number of fused-ring (bicyclic) bond motifs is 1. The normalized spacial score (nSPS) is 19.3. The average molecular weight is 261 g/mol. The Hall–Kier alpha value is -2.08. The molecule has 2 aromatic rings. The molecule has 0 spiro atoms. The molecular formula is C13H15N3O3. The molecule has 0 amide bonds. The third-order valence-electron chi connectivity index (χ3n) is 3.49. The molecule has 1 atom stereocenters. The molecule has 0 radical (unpaired) electrons. The lowest BCUT2D eigenvalue weighted by Gasteiger charge is -2.30. The second kappa shape index (κ2) is 4.55. The summed E-state index contributed by atoms with van der Waals surface area (Å²) in [5.74, 6) is -1.33. The van der Waals surface area contributed by atoms with Crippen molar-refractivity contribution in [3.05, 3.63) is 41.9 Å². The van der Waals surface area contributed by atoms with Crippen LogP contribution in [0.3, 0.4) is 0 Å². The van der Waals surface area contributed by atoms with Crippen LogP contribution in [0, 0.1) is 0 Å². The first kappa shape index (κ1) is 12.0. The largest absolute Gasteiger partial charge is 0.481 e. The molecule has 0 fully saturated rings. The topological polar surface area (TPSA) is 71.5 Å². The lowest BCUT2D eigenvalue weighted by atomic mass is 9.98. The van der Waals surface area contributed by atoms with Gasteiger partial charge in [0.1, 0.15) is 5.92 Å². The maximum Gasteiger partial charge on any atom is 0.313 e. The van der Waals surface area contributed by atoms with Crippen molar-refractivity contribution in [2.75, 3.05) is 6.54 Å². The number of aryl methyl sites for hydroxylation is 1. The number of carboxylic acids is 1. The van der Waals surface area contributed by atoms with Crippen LogP contribution in [-0.4, -0.2) is 32.1 Å². The number of aromatic nitrogens is 2. The zero-order chi connectivity index (χ0) is 13.4. The molecule has 0 aromatic carbocycles. The third kappa shape index (κ3) is 2.15. The van der Waals surface area contributed by atoms with Gasteiger partial charge in [0.25, 0.3) is 0 Å². The zero-order valence-electron chi connectivity index (χ0n) is 10.6. The van der Waals surface area contributed by atoms with E-state index < -0.39 is 11.9 Å². The predicted octanol–water partition coefficient (Wildman–Crippen LogP) is 1.20. The van der Waals surface area contributed by atoms with Crippen LogP contribution in [0.2, 0.25) is 0 Å². The lowest BCUT2D eigenvalue weighted by Crippen LogP contribution is -2.37. The lowest BCUT2D eigenvalue weighted by molar-refractivity contribution is -0.139. The Balaban J connectivity index is 1.86. The van der Waals surface area contributed by atoms with E-state index in [1.54, 1.807) is 18.9 Å². The van der Waals surface area contributed by atoms with Gasteiger partial charge in [0.15, 0.2) is 0 Å². The average Bonchev–Trinajstić information content (AvgIpc) is 2.99. The SMILES string of the molecule is Cn1cnc2c1C(C(=O)O)CN(Cc1ccoc1)C2. The Bertz CT molecular complexity index is 588. The van der Waals surface area contributed by atoms with Crippen molar-refractivity contribution in [1.29, 1.82) is 0 Å². The molecule has 1 aliphatic heterocycles. The number of hydrogen-bond acceptors (Lipinski definition) is 4. The summed E-state index contributed by atoms with van der Waals surface area (Å²) in [5, 5.41) is 9.39. The molecule has 0 saturated carbocycles. The number of nitrogens with zero attached hydrogens (tertiary/aromatic N) is 3. The smallest absolute Gasteiger partial charge is 0.313 e. The summed E-state index contributed by atoms with van der Waals surface area (Å²) >= 11 is 0. The fourth-order valence-electron chi connectivity index (χ4n) is 2.63. The summed E-state index contributed by atoms with van der Waals surface area (Å²) in [7, 11) is 1.84. The summed E-state index contributed by atoms with van der Waals surface area (Å²) in [6.07, 6.45) is 4.99. The number of carboxylic acid groups (broad SMARTS) is 1. The molecular weight excluding hydrogens is 246 g/mol. The fraction of sp³-hybridized carbons (Fsp3) is 0.385. The van der Waals surface area contributed by atoms with Crippen LogP contribution in [-0.2, 0) is 24.9 Å². The third-order valence-corrected chi connectivity index (χ3v) is 3.49. The first-order chi connectivity index (χ1) is 9.15. The van der Waals surface area contributed by atoms with E-state index in [1.807, 2.05) is 17.7 Å². The van der Waals surface area contributed by atoms with Crippen molar-refractivity contribution in [2.45, 2.75) is 19.0 Å². The molecule has 1 aliphatic rings. The monoisotopic (exact) mass is 261 g/mol. The molecule has 0 bridgehead atoms. The second-order valence-corrected chi connectivity index (χ2v) is 4.88. The Morgan fingerprint density at radius 2 is 2.47 bits per heavy atom. The second-order valence-electron chi connectivity index (χ2n) is 4.88. The van der Waals surface area contributed by atoms with E-state index in [-0.39, 0.29) is 0 Å². The van der Waals surface area contributed by atoms with E-state index in [2.05, 4.69) is 9.88 Å². The fourth-order valence-corrected chi connectivity index (χ4v) is 2.63. The van der Waals surface area contributed by atoms with Gasteiger partial charge in [-0.25, -0.2) is 4.98 Å². The Labute approximate surface area is 110 Å². The van der Waals surface area contributed by atoms with Crippen molar-refractivity contribution in [1.82, 2.24) is 14.5 Å². The standard InChI is InChI=1S/C13H15N3O3/c1-15-8-14-11-6-16(4-9-2-3-19-7-9)5-10(12(11)15)13(17)18/h2-3,7-8,10H,4-6H2,1H3,(H,17,18). The zero-order valence-corrected chi connectivity index (χ0v) is 10.6. The van der Waals surface area contributed by atoms with Gasteiger partial charge in [-0.1, -0.05) is 0 Å². The van der Waals surface area contributed by atoms with E-state index >= 15 is 0 Å². The van der Waals surface area contributed by atoms with Crippen LogP contribution in [0.25, 0.3) is 0 Å². The number of aliphatic carboxylic acids is 1. The molecule has 0 saturated heterocycles. The Kier molecular flexibility index (Phi) is 2.87. The molecule has 6 nitrogen and oxygen atoms in total. The number of rotatable bonds is 3. The van der Waals surface area contributed by atoms with E-state index in [9.17, 15) is 9.90 Å². The van der Waals surface area contributed by atoms with Crippen molar-refractivity contribution >= 4 is 5.97 Å². The first-order valence-electron chi connectivity index (χ1n) is 6.11. The summed E-state index contributed by atoms with van der Waals surface area (Å²) < 4.78 is 6.85.